The van der Waals surface area contributed by atoms with Crippen LogP contribution in [0.3, 0.4) is 0 Å². The van der Waals surface area contributed by atoms with Crippen molar-refractivity contribution in [1.82, 2.24) is 4.90 Å². The number of amides is 2. The second-order valence-electron chi connectivity index (χ2n) is 7.19. The smallest absolute Gasteiger partial charge is 0.312 e. The van der Waals surface area contributed by atoms with Crippen LogP contribution in [-0.2, 0) is 19.2 Å². The van der Waals surface area contributed by atoms with Crippen LogP contribution in [0, 0.1) is 5.92 Å². The molecule has 2 aliphatic rings. The van der Waals surface area contributed by atoms with Gasteiger partial charge in [-0.2, -0.15) is 0 Å². The third-order valence-corrected chi connectivity index (χ3v) is 6.61. The molecule has 0 radical (unpaired) electrons. The highest BCUT2D eigenvalue weighted by atomic mass is 32.1. The summed E-state index contributed by atoms with van der Waals surface area (Å²) in [6, 6.07) is 8.59. The van der Waals surface area contributed by atoms with Gasteiger partial charge in [-0.05, 0) is 43.2 Å². The number of allylic oxidation sites excluding steroid dienone is 1. The van der Waals surface area contributed by atoms with Gasteiger partial charge in [0.25, 0.3) is 5.91 Å². The number of carbonyl (C=O) groups is 4. The van der Waals surface area contributed by atoms with Gasteiger partial charge in [0.1, 0.15) is 6.04 Å². The minimum absolute atomic E-state index is 0.233. The molecule has 2 aliphatic heterocycles. The summed E-state index contributed by atoms with van der Waals surface area (Å²) >= 11 is 1.35. The number of anilines is 1. The van der Waals surface area contributed by atoms with Crippen LogP contribution in [0.25, 0.3) is 10.1 Å². The molecule has 1 aromatic heterocycles. The molecule has 2 amide bonds. The van der Waals surface area contributed by atoms with E-state index in [1.54, 1.807) is 0 Å². The van der Waals surface area contributed by atoms with Crippen molar-refractivity contribution in [2.24, 2.45) is 5.92 Å². The average Bonchev–Trinajstić information content (AvgIpc) is 3.31. The molecule has 0 spiro atoms. The first-order valence-corrected chi connectivity index (χ1v) is 10.3. The van der Waals surface area contributed by atoms with Crippen molar-refractivity contribution in [3.8, 4) is 0 Å². The maximum Gasteiger partial charge on any atom is 0.312 e. The summed E-state index contributed by atoms with van der Waals surface area (Å²) in [6.07, 6.45) is 4.06. The molecule has 2 atom stereocenters. The minimum Gasteiger partial charge on any atom is -0.481 e. The van der Waals surface area contributed by atoms with Crippen molar-refractivity contribution in [2.45, 2.75) is 31.7 Å². The van der Waals surface area contributed by atoms with Crippen molar-refractivity contribution < 1.29 is 24.3 Å². The molecule has 0 aliphatic carbocycles. The molecule has 8 heteroatoms. The summed E-state index contributed by atoms with van der Waals surface area (Å²) in [6.45, 7) is 0.299. The fourth-order valence-electron chi connectivity index (χ4n) is 4.13. The molecule has 150 valence electrons. The zero-order valence-corrected chi connectivity index (χ0v) is 16.4. The monoisotopic (exact) mass is 412 g/mol. The number of hydrogen-bond donors (Lipinski definition) is 1. The van der Waals surface area contributed by atoms with E-state index >= 15 is 0 Å². The molecular weight excluding hydrogens is 392 g/mol. The van der Waals surface area contributed by atoms with Gasteiger partial charge in [-0.1, -0.05) is 24.3 Å². The van der Waals surface area contributed by atoms with Gasteiger partial charge in [-0.25, -0.2) is 0 Å². The second kappa shape index (κ2) is 7.79. The van der Waals surface area contributed by atoms with Gasteiger partial charge in [0, 0.05) is 16.9 Å². The van der Waals surface area contributed by atoms with E-state index in [-0.39, 0.29) is 12.2 Å². The van der Waals surface area contributed by atoms with Gasteiger partial charge in [-0.3, -0.25) is 24.1 Å². The Balaban J connectivity index is 1.73. The molecule has 0 saturated carbocycles. The number of aliphatic carboxylic acids is 1. The minimum atomic E-state index is -0.950. The number of rotatable bonds is 4. The lowest BCUT2D eigenvalue weighted by molar-refractivity contribution is -0.140. The number of benzene rings is 1. The number of thiophene rings is 1. The van der Waals surface area contributed by atoms with E-state index < -0.39 is 23.8 Å². The topological polar surface area (TPSA) is 95.0 Å². The quantitative estimate of drug-likeness (QED) is 0.616. The molecule has 1 fully saturated rings. The first kappa shape index (κ1) is 19.3. The van der Waals surface area contributed by atoms with Gasteiger partial charge in [0.15, 0.2) is 0 Å². The molecule has 1 unspecified atom stereocenters. The number of fused-ring (bicyclic) bond motifs is 2. The highest BCUT2D eigenvalue weighted by Gasteiger charge is 2.42. The Morgan fingerprint density at radius 1 is 1.24 bits per heavy atom. The van der Waals surface area contributed by atoms with E-state index in [4.69, 9.17) is 0 Å². The SMILES string of the molecule is O=CC(=O)N(c1cc2ccccc2s1)[C@H]1CCCC=C2C(C(=O)O)CCN2C1=O. The molecule has 0 bridgehead atoms. The van der Waals surface area contributed by atoms with E-state index in [9.17, 15) is 24.3 Å². The third kappa shape index (κ3) is 3.44. The molecule has 1 N–H and O–H groups in total. The van der Waals surface area contributed by atoms with Crippen LogP contribution >= 0.6 is 11.3 Å². The maximum absolute atomic E-state index is 13.4. The van der Waals surface area contributed by atoms with Crippen molar-refractivity contribution in [3.63, 3.8) is 0 Å². The van der Waals surface area contributed by atoms with Crippen molar-refractivity contribution in [2.75, 3.05) is 11.4 Å². The molecule has 29 heavy (non-hydrogen) atoms. The second-order valence-corrected chi connectivity index (χ2v) is 8.26. The summed E-state index contributed by atoms with van der Waals surface area (Å²) in [5, 5.41) is 10.9. The maximum atomic E-state index is 13.4. The lowest BCUT2D eigenvalue weighted by atomic mass is 9.99. The number of aldehydes is 1. The Morgan fingerprint density at radius 2 is 2.03 bits per heavy atom. The first-order valence-electron chi connectivity index (χ1n) is 9.52. The van der Waals surface area contributed by atoms with Crippen LogP contribution in [0.15, 0.2) is 42.1 Å². The number of nitrogens with zero attached hydrogens (tertiary/aromatic N) is 2. The average molecular weight is 412 g/mol. The van der Waals surface area contributed by atoms with Gasteiger partial charge in [-0.15, -0.1) is 11.3 Å². The number of carboxylic acid groups (broad SMARTS) is 1. The van der Waals surface area contributed by atoms with Crippen LogP contribution in [0.5, 0.6) is 0 Å². The van der Waals surface area contributed by atoms with Crippen LogP contribution in [0.4, 0.5) is 5.00 Å². The number of carbonyl (C=O) groups excluding carboxylic acids is 3. The molecule has 1 aromatic carbocycles. The van der Waals surface area contributed by atoms with E-state index in [0.29, 0.717) is 42.9 Å². The molecular formula is C21H20N2O5S. The van der Waals surface area contributed by atoms with Gasteiger partial charge >= 0.3 is 5.97 Å². The lowest BCUT2D eigenvalue weighted by Gasteiger charge is -2.33. The van der Waals surface area contributed by atoms with Crippen LogP contribution in [0.1, 0.15) is 25.7 Å². The van der Waals surface area contributed by atoms with Crippen LogP contribution in [-0.4, -0.2) is 46.7 Å². The fourth-order valence-corrected chi connectivity index (χ4v) is 5.24. The van der Waals surface area contributed by atoms with Crippen molar-refractivity contribution in [3.05, 3.63) is 42.1 Å². The van der Waals surface area contributed by atoms with Crippen molar-refractivity contribution >= 4 is 50.5 Å². The Kier molecular flexibility index (Phi) is 5.19. The number of hydrogen-bond acceptors (Lipinski definition) is 5. The normalized spacial score (nSPS) is 21.9. The predicted octanol–water partition coefficient (Wildman–Crippen LogP) is 2.80. The van der Waals surface area contributed by atoms with E-state index in [2.05, 4.69) is 0 Å². The zero-order chi connectivity index (χ0) is 20.5. The van der Waals surface area contributed by atoms with Crippen molar-refractivity contribution in [1.29, 1.82) is 0 Å². The molecule has 3 heterocycles. The molecule has 4 rings (SSSR count). The Labute approximate surface area is 171 Å². The zero-order valence-electron chi connectivity index (χ0n) is 15.6. The molecule has 7 nitrogen and oxygen atoms in total. The van der Waals surface area contributed by atoms with E-state index in [0.717, 1.165) is 10.1 Å². The Morgan fingerprint density at radius 3 is 2.76 bits per heavy atom. The largest absolute Gasteiger partial charge is 0.481 e. The molecule has 2 aromatic rings. The van der Waals surface area contributed by atoms with E-state index in [1.165, 1.54) is 21.1 Å². The number of carboxylic acids is 1. The predicted molar refractivity (Wildman–Crippen MR) is 109 cm³/mol. The first-order chi connectivity index (χ1) is 14.0. The van der Waals surface area contributed by atoms with Gasteiger partial charge < -0.3 is 10.0 Å². The molecule has 1 saturated heterocycles. The third-order valence-electron chi connectivity index (χ3n) is 5.49. The highest BCUT2D eigenvalue weighted by molar-refractivity contribution is 7.23. The summed E-state index contributed by atoms with van der Waals surface area (Å²) in [7, 11) is 0. The van der Waals surface area contributed by atoms with E-state index in [1.807, 2.05) is 36.4 Å². The summed E-state index contributed by atoms with van der Waals surface area (Å²) < 4.78 is 0.956. The summed E-state index contributed by atoms with van der Waals surface area (Å²) in [5.74, 6) is -2.76. The Hall–Kier alpha value is -3.00. The highest BCUT2D eigenvalue weighted by Crippen LogP contribution is 2.37. The Bertz CT molecular complexity index is 994. The van der Waals surface area contributed by atoms with Gasteiger partial charge in [0.05, 0.1) is 10.9 Å². The fraction of sp³-hybridized carbons (Fsp3) is 0.333. The van der Waals surface area contributed by atoms with Gasteiger partial charge in [0.2, 0.25) is 12.2 Å². The van der Waals surface area contributed by atoms with Crippen LogP contribution < -0.4 is 4.90 Å². The standard InChI is InChI=1S/C21H20N2O5S/c24-12-18(25)23(19-11-13-5-1-4-8-17(13)29-19)16-7-3-2-6-15-14(21(27)28)9-10-22(15)20(16)26/h1,4-6,8,11-12,14,16H,2-3,7,9-10H2,(H,27,28)/t14?,16-/m0/s1. The summed E-state index contributed by atoms with van der Waals surface area (Å²) in [4.78, 5) is 51.7. The summed E-state index contributed by atoms with van der Waals surface area (Å²) in [5.41, 5.74) is 0.502. The lowest BCUT2D eigenvalue weighted by Crippen LogP contribution is -2.51. The van der Waals surface area contributed by atoms with Crippen LogP contribution in [0.2, 0.25) is 0 Å².